The van der Waals surface area contributed by atoms with Crippen LogP contribution < -0.4 is 16.4 Å². The minimum absolute atomic E-state index is 0.349. The van der Waals surface area contributed by atoms with Crippen LogP contribution in [0.1, 0.15) is 5.56 Å². The van der Waals surface area contributed by atoms with Gasteiger partial charge in [0.05, 0.1) is 23.3 Å². The average Bonchev–Trinajstić information content (AvgIpc) is 2.34. The first-order valence-electron chi connectivity index (χ1n) is 5.49. The number of hydrogen-bond donors (Lipinski definition) is 3. The van der Waals surface area contributed by atoms with Gasteiger partial charge >= 0.3 is 6.03 Å². The van der Waals surface area contributed by atoms with Gasteiger partial charge in [0.25, 0.3) is 0 Å². The Kier molecular flexibility index (Phi) is 3.43. The number of benzene rings is 1. The predicted molar refractivity (Wildman–Crippen MR) is 72.5 cm³/mol. The molecule has 4 N–H and O–H groups in total. The summed E-state index contributed by atoms with van der Waals surface area (Å²) in [6.45, 7) is 1.94. The van der Waals surface area contributed by atoms with Gasteiger partial charge in [0, 0.05) is 6.20 Å². The molecule has 0 spiro atoms. The van der Waals surface area contributed by atoms with E-state index in [-0.39, 0.29) is 6.03 Å². The third kappa shape index (κ3) is 2.98. The normalized spacial score (nSPS) is 9.83. The Hall–Kier alpha value is -2.56. The Bertz CT molecular complexity index is 554. The van der Waals surface area contributed by atoms with E-state index in [1.165, 1.54) is 0 Å². The first kappa shape index (κ1) is 11.9. The Morgan fingerprint density at radius 2 is 2.11 bits per heavy atom. The molecule has 0 saturated carbocycles. The van der Waals surface area contributed by atoms with Crippen LogP contribution in [0.5, 0.6) is 0 Å². The Morgan fingerprint density at radius 1 is 1.28 bits per heavy atom. The zero-order valence-corrected chi connectivity index (χ0v) is 9.97. The number of carbonyl (C=O) groups is 1. The van der Waals surface area contributed by atoms with Crippen molar-refractivity contribution in [1.82, 2.24) is 4.98 Å². The molecule has 0 radical (unpaired) electrons. The Labute approximate surface area is 105 Å². The molecule has 0 aliphatic rings. The summed E-state index contributed by atoms with van der Waals surface area (Å²) in [4.78, 5) is 15.6. The van der Waals surface area contributed by atoms with Crippen LogP contribution in [0.3, 0.4) is 0 Å². The van der Waals surface area contributed by atoms with Crippen LogP contribution in [-0.4, -0.2) is 11.0 Å². The van der Waals surface area contributed by atoms with Gasteiger partial charge in [-0.25, -0.2) is 4.79 Å². The molecule has 0 aliphatic heterocycles. The fourth-order valence-electron chi connectivity index (χ4n) is 1.52. The van der Waals surface area contributed by atoms with E-state index in [2.05, 4.69) is 15.6 Å². The van der Waals surface area contributed by atoms with E-state index in [1.807, 2.05) is 13.0 Å². The molecule has 0 saturated heterocycles. The molecule has 18 heavy (non-hydrogen) atoms. The van der Waals surface area contributed by atoms with Gasteiger partial charge in [-0.2, -0.15) is 0 Å². The summed E-state index contributed by atoms with van der Waals surface area (Å²) < 4.78 is 0. The largest absolute Gasteiger partial charge is 0.397 e. The lowest BCUT2D eigenvalue weighted by Gasteiger charge is -2.09. The van der Waals surface area contributed by atoms with Crippen LogP contribution in [0.25, 0.3) is 0 Å². The maximum absolute atomic E-state index is 11.7. The number of nitrogen functional groups attached to an aromatic ring is 1. The molecule has 2 amide bonds. The number of nitrogens with two attached hydrogens (primary N) is 1. The molecule has 2 aromatic rings. The first-order valence-corrected chi connectivity index (χ1v) is 5.49. The van der Waals surface area contributed by atoms with Crippen LogP contribution in [0.15, 0.2) is 42.7 Å². The SMILES string of the molecule is Cc1ccc(NC(=O)Nc2cccnc2)c(N)c1. The van der Waals surface area contributed by atoms with E-state index >= 15 is 0 Å². The second kappa shape index (κ2) is 5.18. The van der Waals surface area contributed by atoms with Gasteiger partial charge in [0.1, 0.15) is 0 Å². The van der Waals surface area contributed by atoms with Gasteiger partial charge in [0.2, 0.25) is 0 Å². The lowest BCUT2D eigenvalue weighted by atomic mass is 10.2. The van der Waals surface area contributed by atoms with Crippen LogP contribution in [0, 0.1) is 6.92 Å². The summed E-state index contributed by atoms with van der Waals surface area (Å²) in [7, 11) is 0. The number of aryl methyl sites for hydroxylation is 1. The minimum Gasteiger partial charge on any atom is -0.397 e. The van der Waals surface area contributed by atoms with Crippen molar-refractivity contribution in [2.24, 2.45) is 0 Å². The van der Waals surface area contributed by atoms with E-state index in [0.29, 0.717) is 17.1 Å². The second-order valence-electron chi connectivity index (χ2n) is 3.91. The fraction of sp³-hybridized carbons (Fsp3) is 0.0769. The highest BCUT2D eigenvalue weighted by molar-refractivity contribution is 6.01. The number of amides is 2. The number of anilines is 3. The number of carbonyl (C=O) groups excluding carboxylic acids is 1. The summed E-state index contributed by atoms with van der Waals surface area (Å²) in [6.07, 6.45) is 3.21. The molecule has 5 heteroatoms. The molecule has 1 aromatic heterocycles. The van der Waals surface area contributed by atoms with E-state index in [1.54, 1.807) is 36.7 Å². The van der Waals surface area contributed by atoms with E-state index in [0.717, 1.165) is 5.56 Å². The molecule has 92 valence electrons. The first-order chi connectivity index (χ1) is 8.65. The minimum atomic E-state index is -0.349. The second-order valence-corrected chi connectivity index (χ2v) is 3.91. The van der Waals surface area contributed by atoms with Crippen molar-refractivity contribution in [3.63, 3.8) is 0 Å². The van der Waals surface area contributed by atoms with E-state index in [9.17, 15) is 4.79 Å². The van der Waals surface area contributed by atoms with Crippen molar-refractivity contribution in [2.45, 2.75) is 6.92 Å². The van der Waals surface area contributed by atoms with E-state index in [4.69, 9.17) is 5.73 Å². The molecule has 0 aliphatic carbocycles. The predicted octanol–water partition coefficient (Wildman–Crippen LogP) is 2.62. The molecular weight excluding hydrogens is 228 g/mol. The highest BCUT2D eigenvalue weighted by Crippen LogP contribution is 2.19. The molecular formula is C13H14N4O. The van der Waals surface area contributed by atoms with Crippen molar-refractivity contribution >= 4 is 23.1 Å². The summed E-state index contributed by atoms with van der Waals surface area (Å²) >= 11 is 0. The number of nitrogens with zero attached hydrogens (tertiary/aromatic N) is 1. The molecule has 5 nitrogen and oxygen atoms in total. The van der Waals surface area contributed by atoms with Crippen molar-refractivity contribution in [3.8, 4) is 0 Å². The highest BCUT2D eigenvalue weighted by atomic mass is 16.2. The lowest BCUT2D eigenvalue weighted by Crippen LogP contribution is -2.20. The molecule has 0 unspecified atom stereocenters. The van der Waals surface area contributed by atoms with Gasteiger partial charge < -0.3 is 16.4 Å². The smallest absolute Gasteiger partial charge is 0.323 e. The van der Waals surface area contributed by atoms with E-state index < -0.39 is 0 Å². The lowest BCUT2D eigenvalue weighted by molar-refractivity contribution is 0.262. The van der Waals surface area contributed by atoms with Crippen molar-refractivity contribution in [2.75, 3.05) is 16.4 Å². The molecule has 0 atom stereocenters. The maximum atomic E-state index is 11.7. The molecule has 1 aromatic carbocycles. The highest BCUT2D eigenvalue weighted by Gasteiger charge is 2.05. The van der Waals surface area contributed by atoms with Crippen molar-refractivity contribution in [1.29, 1.82) is 0 Å². The van der Waals surface area contributed by atoms with Crippen LogP contribution in [0.2, 0.25) is 0 Å². The number of hydrogen-bond acceptors (Lipinski definition) is 3. The maximum Gasteiger partial charge on any atom is 0.323 e. The topological polar surface area (TPSA) is 80.0 Å². The zero-order valence-electron chi connectivity index (χ0n) is 9.97. The van der Waals surface area contributed by atoms with Crippen LogP contribution in [0.4, 0.5) is 21.9 Å². The summed E-state index contributed by atoms with van der Waals surface area (Å²) in [5.41, 5.74) is 8.60. The summed E-state index contributed by atoms with van der Waals surface area (Å²) in [5, 5.41) is 5.35. The average molecular weight is 242 g/mol. The summed E-state index contributed by atoms with van der Waals surface area (Å²) in [5.74, 6) is 0. The molecule has 0 fully saturated rings. The zero-order chi connectivity index (χ0) is 13.0. The van der Waals surface area contributed by atoms with Crippen molar-refractivity contribution in [3.05, 3.63) is 48.3 Å². The van der Waals surface area contributed by atoms with Crippen LogP contribution in [-0.2, 0) is 0 Å². The van der Waals surface area contributed by atoms with Gasteiger partial charge in [-0.05, 0) is 36.8 Å². The number of pyridine rings is 1. The number of nitrogens with one attached hydrogen (secondary N) is 2. The Balaban J connectivity index is 2.03. The number of rotatable bonds is 2. The van der Waals surface area contributed by atoms with Gasteiger partial charge in [-0.1, -0.05) is 6.07 Å². The third-order valence-corrected chi connectivity index (χ3v) is 2.37. The summed E-state index contributed by atoms with van der Waals surface area (Å²) in [6, 6.07) is 8.61. The fourth-order valence-corrected chi connectivity index (χ4v) is 1.52. The Morgan fingerprint density at radius 3 is 2.78 bits per heavy atom. The molecule has 0 bridgehead atoms. The van der Waals surface area contributed by atoms with Gasteiger partial charge in [-0.3, -0.25) is 4.98 Å². The number of aromatic nitrogens is 1. The van der Waals surface area contributed by atoms with Crippen molar-refractivity contribution < 1.29 is 4.79 Å². The van der Waals surface area contributed by atoms with Gasteiger partial charge in [-0.15, -0.1) is 0 Å². The monoisotopic (exact) mass is 242 g/mol. The standard InChI is InChI=1S/C13H14N4O/c1-9-4-5-12(11(14)7-9)17-13(18)16-10-3-2-6-15-8-10/h2-8H,14H2,1H3,(H2,16,17,18). The van der Waals surface area contributed by atoms with Crippen LogP contribution >= 0.6 is 0 Å². The third-order valence-electron chi connectivity index (χ3n) is 2.37. The number of urea groups is 1. The quantitative estimate of drug-likeness (QED) is 0.708. The van der Waals surface area contributed by atoms with Gasteiger partial charge in [0.15, 0.2) is 0 Å². The molecule has 2 rings (SSSR count). The molecule has 1 heterocycles.